The molecule has 0 saturated heterocycles. The Morgan fingerprint density at radius 1 is 0.900 bits per heavy atom. The second-order valence-electron chi connectivity index (χ2n) is 7.64. The Hall–Kier alpha value is -3.27. The quantitative estimate of drug-likeness (QED) is 0.497. The van der Waals surface area contributed by atoms with Gasteiger partial charge in [-0.3, -0.25) is 4.79 Å². The van der Waals surface area contributed by atoms with Gasteiger partial charge in [0.2, 0.25) is 0 Å². The van der Waals surface area contributed by atoms with Gasteiger partial charge in [-0.05, 0) is 53.3 Å². The number of methoxy groups -OCH3 is 1. The summed E-state index contributed by atoms with van der Waals surface area (Å²) in [5.41, 5.74) is 3.81. The maximum Gasteiger partial charge on any atom is 0.251 e. The Labute approximate surface area is 178 Å². The summed E-state index contributed by atoms with van der Waals surface area (Å²) >= 11 is 0. The number of amides is 1. The van der Waals surface area contributed by atoms with Gasteiger partial charge in [0.1, 0.15) is 0 Å². The molecule has 0 radical (unpaired) electrons. The number of ether oxygens (including phenoxy) is 2. The first-order valence-electron chi connectivity index (χ1n) is 10.3. The summed E-state index contributed by atoms with van der Waals surface area (Å²) in [4.78, 5) is 12.5. The van der Waals surface area contributed by atoms with E-state index in [9.17, 15) is 4.79 Å². The minimum Gasteiger partial charge on any atom is -0.493 e. The van der Waals surface area contributed by atoms with Crippen LogP contribution in [0.1, 0.15) is 36.2 Å². The number of benzene rings is 3. The van der Waals surface area contributed by atoms with E-state index in [1.807, 2.05) is 60.7 Å². The summed E-state index contributed by atoms with van der Waals surface area (Å²) in [6, 6.07) is 23.5. The molecule has 0 aliphatic heterocycles. The molecule has 156 valence electrons. The number of carbonyl (C=O) groups excluding carboxylic acids is 1. The third-order valence-electron chi connectivity index (χ3n) is 4.89. The van der Waals surface area contributed by atoms with Crippen LogP contribution < -0.4 is 14.8 Å². The predicted molar refractivity (Wildman–Crippen MR) is 121 cm³/mol. The number of nitrogens with one attached hydrogen (secondary N) is 1. The van der Waals surface area contributed by atoms with Crippen LogP contribution in [-0.4, -0.2) is 19.6 Å². The zero-order valence-electron chi connectivity index (χ0n) is 17.9. The van der Waals surface area contributed by atoms with Gasteiger partial charge in [-0.25, -0.2) is 0 Å². The molecule has 0 aliphatic carbocycles. The average molecular weight is 404 g/mol. The molecular weight excluding hydrogens is 374 g/mol. The molecule has 0 fully saturated rings. The first-order valence-corrected chi connectivity index (χ1v) is 10.3. The van der Waals surface area contributed by atoms with Crippen LogP contribution in [0.2, 0.25) is 0 Å². The van der Waals surface area contributed by atoms with E-state index in [1.54, 1.807) is 7.11 Å². The molecule has 4 nitrogen and oxygen atoms in total. The van der Waals surface area contributed by atoms with Gasteiger partial charge in [0.15, 0.2) is 11.5 Å². The summed E-state index contributed by atoms with van der Waals surface area (Å²) in [5, 5.41) is 2.97. The van der Waals surface area contributed by atoms with Crippen LogP contribution in [0.25, 0.3) is 11.1 Å². The van der Waals surface area contributed by atoms with Crippen molar-refractivity contribution in [1.82, 2.24) is 5.32 Å². The van der Waals surface area contributed by atoms with Crippen LogP contribution in [-0.2, 0) is 6.54 Å². The lowest BCUT2D eigenvalue weighted by atomic mass is 10.0. The fourth-order valence-corrected chi connectivity index (χ4v) is 3.07. The highest BCUT2D eigenvalue weighted by atomic mass is 16.5. The van der Waals surface area contributed by atoms with Crippen molar-refractivity contribution < 1.29 is 14.3 Å². The standard InChI is InChI=1S/C26H29NO3/c1-19(2)15-16-30-24-14-9-20(17-25(24)29-3)18-27-26(28)23-12-10-22(11-13-23)21-7-5-4-6-8-21/h4-14,17,19H,15-16,18H2,1-3H3,(H,27,28). The predicted octanol–water partition coefficient (Wildman–Crippen LogP) is 5.72. The largest absolute Gasteiger partial charge is 0.493 e. The van der Waals surface area contributed by atoms with E-state index in [0.717, 1.165) is 28.9 Å². The molecule has 0 aliphatic rings. The Morgan fingerprint density at radius 3 is 2.27 bits per heavy atom. The van der Waals surface area contributed by atoms with Crippen LogP contribution in [0.5, 0.6) is 11.5 Å². The number of hydrogen-bond donors (Lipinski definition) is 1. The van der Waals surface area contributed by atoms with E-state index >= 15 is 0 Å². The van der Waals surface area contributed by atoms with E-state index < -0.39 is 0 Å². The van der Waals surface area contributed by atoms with Crippen molar-refractivity contribution in [2.24, 2.45) is 5.92 Å². The second-order valence-corrected chi connectivity index (χ2v) is 7.64. The Morgan fingerprint density at radius 2 is 1.60 bits per heavy atom. The number of carbonyl (C=O) groups is 1. The average Bonchev–Trinajstić information content (AvgIpc) is 2.78. The van der Waals surface area contributed by atoms with Crippen molar-refractivity contribution in [1.29, 1.82) is 0 Å². The normalized spacial score (nSPS) is 10.7. The second kappa shape index (κ2) is 10.5. The van der Waals surface area contributed by atoms with Crippen molar-refractivity contribution in [3.63, 3.8) is 0 Å². The molecule has 30 heavy (non-hydrogen) atoms. The van der Waals surface area contributed by atoms with Gasteiger partial charge in [0, 0.05) is 12.1 Å². The molecule has 3 aromatic carbocycles. The van der Waals surface area contributed by atoms with Gasteiger partial charge in [-0.1, -0.05) is 62.4 Å². The Balaban J connectivity index is 1.58. The molecule has 0 bridgehead atoms. The highest BCUT2D eigenvalue weighted by molar-refractivity contribution is 5.94. The smallest absolute Gasteiger partial charge is 0.251 e. The first-order chi connectivity index (χ1) is 14.6. The molecule has 0 spiro atoms. The molecule has 4 heteroatoms. The Bertz CT molecular complexity index is 950. The third kappa shape index (κ3) is 5.86. The maximum absolute atomic E-state index is 12.5. The number of rotatable bonds is 9. The lowest BCUT2D eigenvalue weighted by Crippen LogP contribution is -2.22. The monoisotopic (exact) mass is 403 g/mol. The fourth-order valence-electron chi connectivity index (χ4n) is 3.07. The summed E-state index contributed by atoms with van der Waals surface area (Å²) in [6.45, 7) is 5.41. The van der Waals surface area contributed by atoms with Crippen molar-refractivity contribution in [3.8, 4) is 22.6 Å². The zero-order valence-corrected chi connectivity index (χ0v) is 17.9. The van der Waals surface area contributed by atoms with E-state index in [0.29, 0.717) is 30.4 Å². The zero-order chi connectivity index (χ0) is 21.3. The Kier molecular flexibility index (Phi) is 7.50. The fraction of sp³-hybridized carbons (Fsp3) is 0.269. The molecule has 1 N–H and O–H groups in total. The summed E-state index contributed by atoms with van der Waals surface area (Å²) in [7, 11) is 1.63. The van der Waals surface area contributed by atoms with Crippen molar-refractivity contribution in [2.45, 2.75) is 26.8 Å². The van der Waals surface area contributed by atoms with Gasteiger partial charge < -0.3 is 14.8 Å². The topological polar surface area (TPSA) is 47.6 Å². The molecule has 1 amide bonds. The van der Waals surface area contributed by atoms with Crippen molar-refractivity contribution in [3.05, 3.63) is 83.9 Å². The van der Waals surface area contributed by atoms with Crippen LogP contribution >= 0.6 is 0 Å². The van der Waals surface area contributed by atoms with Crippen molar-refractivity contribution >= 4 is 5.91 Å². The molecular formula is C26H29NO3. The van der Waals surface area contributed by atoms with E-state index in [4.69, 9.17) is 9.47 Å². The van der Waals surface area contributed by atoms with Crippen LogP contribution in [0.4, 0.5) is 0 Å². The molecule has 0 atom stereocenters. The molecule has 0 unspecified atom stereocenters. The van der Waals surface area contributed by atoms with Crippen LogP contribution in [0.3, 0.4) is 0 Å². The molecule has 0 aromatic heterocycles. The summed E-state index contributed by atoms with van der Waals surface area (Å²) in [5.74, 6) is 1.89. The third-order valence-corrected chi connectivity index (χ3v) is 4.89. The molecule has 3 rings (SSSR count). The minimum atomic E-state index is -0.106. The SMILES string of the molecule is COc1cc(CNC(=O)c2ccc(-c3ccccc3)cc2)ccc1OCCC(C)C. The summed E-state index contributed by atoms with van der Waals surface area (Å²) in [6.07, 6.45) is 0.990. The lowest BCUT2D eigenvalue weighted by Gasteiger charge is -2.13. The highest BCUT2D eigenvalue weighted by Gasteiger charge is 2.09. The van der Waals surface area contributed by atoms with Crippen LogP contribution in [0.15, 0.2) is 72.8 Å². The lowest BCUT2D eigenvalue weighted by molar-refractivity contribution is 0.0951. The molecule has 0 saturated carbocycles. The molecule has 3 aromatic rings. The van der Waals surface area contributed by atoms with E-state index in [-0.39, 0.29) is 5.91 Å². The van der Waals surface area contributed by atoms with Crippen molar-refractivity contribution in [2.75, 3.05) is 13.7 Å². The van der Waals surface area contributed by atoms with Gasteiger partial charge in [0.05, 0.1) is 13.7 Å². The van der Waals surface area contributed by atoms with Gasteiger partial charge in [0.25, 0.3) is 5.91 Å². The minimum absolute atomic E-state index is 0.106. The van der Waals surface area contributed by atoms with Gasteiger partial charge in [-0.2, -0.15) is 0 Å². The van der Waals surface area contributed by atoms with Gasteiger partial charge in [-0.15, -0.1) is 0 Å². The molecule has 0 heterocycles. The maximum atomic E-state index is 12.5. The van der Waals surface area contributed by atoms with E-state index in [1.165, 1.54) is 0 Å². The van der Waals surface area contributed by atoms with Crippen LogP contribution in [0, 0.1) is 5.92 Å². The summed E-state index contributed by atoms with van der Waals surface area (Å²) < 4.78 is 11.3. The van der Waals surface area contributed by atoms with Gasteiger partial charge >= 0.3 is 0 Å². The number of hydrogen-bond acceptors (Lipinski definition) is 3. The van der Waals surface area contributed by atoms with E-state index in [2.05, 4.69) is 31.3 Å². The highest BCUT2D eigenvalue weighted by Crippen LogP contribution is 2.28. The first kappa shape index (κ1) is 21.4.